The molecule has 118 valence electrons. The van der Waals surface area contributed by atoms with Crippen molar-refractivity contribution in [2.45, 2.75) is 39.3 Å². The van der Waals surface area contributed by atoms with Gasteiger partial charge in [0.2, 0.25) is 0 Å². The van der Waals surface area contributed by atoms with Gasteiger partial charge in [-0.1, -0.05) is 37.3 Å². The Bertz CT molecular complexity index is 619. The number of benzene rings is 1. The molecular formula is C17H25N5. The predicted molar refractivity (Wildman–Crippen MR) is 87.7 cm³/mol. The number of nitrogens with two attached hydrogens (primary N) is 1. The third-order valence-electron chi connectivity index (χ3n) is 4.85. The monoisotopic (exact) mass is 299 g/mol. The summed E-state index contributed by atoms with van der Waals surface area (Å²) in [6.07, 6.45) is 3.06. The first-order chi connectivity index (χ1) is 10.5. The molecule has 0 bridgehead atoms. The first-order valence-corrected chi connectivity index (χ1v) is 7.95. The number of hydrogen-bond acceptors (Lipinski definition) is 4. The zero-order valence-electron chi connectivity index (χ0n) is 13.6. The van der Waals surface area contributed by atoms with Crippen molar-refractivity contribution in [2.24, 2.45) is 11.1 Å². The van der Waals surface area contributed by atoms with Crippen molar-refractivity contribution in [1.29, 1.82) is 0 Å². The van der Waals surface area contributed by atoms with Crippen molar-refractivity contribution in [3.05, 3.63) is 42.2 Å². The van der Waals surface area contributed by atoms with Gasteiger partial charge in [-0.25, -0.2) is 4.68 Å². The summed E-state index contributed by atoms with van der Waals surface area (Å²) in [6, 6.07) is 10.6. The SMILES string of the molecule is CC(c1cn(-c2ccccc2)nn1)N1CCC(N)C(C)(C)C1. The van der Waals surface area contributed by atoms with E-state index in [1.807, 2.05) is 41.2 Å². The summed E-state index contributed by atoms with van der Waals surface area (Å²) in [4.78, 5) is 2.46. The van der Waals surface area contributed by atoms with Crippen LogP contribution in [0.3, 0.4) is 0 Å². The Kier molecular flexibility index (Phi) is 4.02. The van der Waals surface area contributed by atoms with Crippen molar-refractivity contribution >= 4 is 0 Å². The average Bonchev–Trinajstić information content (AvgIpc) is 3.00. The molecule has 2 heterocycles. The molecule has 1 aromatic carbocycles. The molecule has 1 aliphatic rings. The van der Waals surface area contributed by atoms with Crippen molar-refractivity contribution < 1.29 is 0 Å². The van der Waals surface area contributed by atoms with Gasteiger partial charge < -0.3 is 5.73 Å². The Labute approximate surface area is 132 Å². The minimum Gasteiger partial charge on any atom is -0.327 e. The van der Waals surface area contributed by atoms with Gasteiger partial charge in [0.25, 0.3) is 0 Å². The number of para-hydroxylation sites is 1. The average molecular weight is 299 g/mol. The summed E-state index contributed by atoms with van der Waals surface area (Å²) in [6.45, 7) is 8.71. The van der Waals surface area contributed by atoms with E-state index in [4.69, 9.17) is 5.73 Å². The summed E-state index contributed by atoms with van der Waals surface area (Å²) in [5.41, 5.74) is 8.42. The molecule has 1 aromatic heterocycles. The van der Waals surface area contributed by atoms with Crippen LogP contribution >= 0.6 is 0 Å². The summed E-state index contributed by atoms with van der Waals surface area (Å²) >= 11 is 0. The quantitative estimate of drug-likeness (QED) is 0.945. The number of rotatable bonds is 3. The highest BCUT2D eigenvalue weighted by Gasteiger charge is 2.35. The van der Waals surface area contributed by atoms with Crippen LogP contribution in [0.5, 0.6) is 0 Å². The van der Waals surface area contributed by atoms with Crippen molar-refractivity contribution in [1.82, 2.24) is 19.9 Å². The number of aromatic nitrogens is 3. The first-order valence-electron chi connectivity index (χ1n) is 7.95. The number of piperidine rings is 1. The van der Waals surface area contributed by atoms with Crippen molar-refractivity contribution in [3.63, 3.8) is 0 Å². The fourth-order valence-corrected chi connectivity index (χ4v) is 3.11. The number of likely N-dealkylation sites (tertiary alicyclic amines) is 1. The Morgan fingerprint density at radius 2 is 2.00 bits per heavy atom. The van der Waals surface area contributed by atoms with Gasteiger partial charge in [0, 0.05) is 19.1 Å². The van der Waals surface area contributed by atoms with Gasteiger partial charge in [0.05, 0.1) is 23.6 Å². The van der Waals surface area contributed by atoms with Crippen LogP contribution in [0.2, 0.25) is 0 Å². The van der Waals surface area contributed by atoms with E-state index in [1.54, 1.807) is 0 Å². The lowest BCUT2D eigenvalue weighted by atomic mass is 9.79. The summed E-state index contributed by atoms with van der Waals surface area (Å²) in [7, 11) is 0. The highest BCUT2D eigenvalue weighted by atomic mass is 15.4. The van der Waals surface area contributed by atoms with E-state index in [1.165, 1.54) is 0 Å². The second-order valence-corrected chi connectivity index (χ2v) is 6.95. The molecule has 2 atom stereocenters. The number of hydrogen-bond donors (Lipinski definition) is 1. The zero-order chi connectivity index (χ0) is 15.7. The molecule has 0 saturated carbocycles. The minimum atomic E-state index is 0.141. The normalized spacial score (nSPS) is 23.4. The Morgan fingerprint density at radius 1 is 1.27 bits per heavy atom. The van der Waals surface area contributed by atoms with Crippen LogP contribution in [0, 0.1) is 5.41 Å². The van der Waals surface area contributed by atoms with Crippen LogP contribution in [0.1, 0.15) is 38.9 Å². The molecule has 2 N–H and O–H groups in total. The molecule has 1 fully saturated rings. The lowest BCUT2D eigenvalue weighted by molar-refractivity contribution is 0.0650. The minimum absolute atomic E-state index is 0.141. The van der Waals surface area contributed by atoms with Crippen LogP contribution in [0.4, 0.5) is 0 Å². The van der Waals surface area contributed by atoms with E-state index >= 15 is 0 Å². The van der Waals surface area contributed by atoms with Gasteiger partial charge in [-0.15, -0.1) is 5.10 Å². The first kappa shape index (κ1) is 15.2. The molecule has 5 heteroatoms. The fraction of sp³-hybridized carbons (Fsp3) is 0.529. The van der Waals surface area contributed by atoms with E-state index in [0.29, 0.717) is 0 Å². The van der Waals surface area contributed by atoms with Gasteiger partial charge in [-0.2, -0.15) is 0 Å². The topological polar surface area (TPSA) is 60.0 Å². The maximum atomic E-state index is 6.23. The summed E-state index contributed by atoms with van der Waals surface area (Å²) in [5, 5.41) is 8.64. The third-order valence-corrected chi connectivity index (χ3v) is 4.85. The second kappa shape index (κ2) is 5.82. The van der Waals surface area contributed by atoms with Crippen LogP contribution in [0.15, 0.2) is 36.5 Å². The zero-order valence-corrected chi connectivity index (χ0v) is 13.6. The molecule has 0 radical (unpaired) electrons. The molecule has 0 spiro atoms. The lowest BCUT2D eigenvalue weighted by Crippen LogP contribution is -2.52. The van der Waals surface area contributed by atoms with E-state index < -0.39 is 0 Å². The lowest BCUT2D eigenvalue weighted by Gasteiger charge is -2.44. The second-order valence-electron chi connectivity index (χ2n) is 6.95. The van der Waals surface area contributed by atoms with Gasteiger partial charge in [0.15, 0.2) is 0 Å². The molecule has 0 aliphatic carbocycles. The van der Waals surface area contributed by atoms with E-state index in [-0.39, 0.29) is 17.5 Å². The maximum absolute atomic E-state index is 6.23. The van der Waals surface area contributed by atoms with Crippen molar-refractivity contribution in [3.8, 4) is 5.69 Å². The predicted octanol–water partition coefficient (Wildman–Crippen LogP) is 2.39. The van der Waals surface area contributed by atoms with E-state index in [9.17, 15) is 0 Å². The molecule has 5 nitrogen and oxygen atoms in total. The third kappa shape index (κ3) is 2.91. The molecule has 2 unspecified atom stereocenters. The molecule has 0 amide bonds. The summed E-state index contributed by atoms with van der Waals surface area (Å²) in [5.74, 6) is 0. The molecule has 3 rings (SSSR count). The van der Waals surface area contributed by atoms with Crippen LogP contribution in [0.25, 0.3) is 5.69 Å². The maximum Gasteiger partial charge on any atom is 0.1000 e. The fourth-order valence-electron chi connectivity index (χ4n) is 3.11. The van der Waals surface area contributed by atoms with Gasteiger partial charge in [0.1, 0.15) is 0 Å². The van der Waals surface area contributed by atoms with Gasteiger partial charge in [-0.3, -0.25) is 4.90 Å². The van der Waals surface area contributed by atoms with E-state index in [0.717, 1.165) is 30.9 Å². The smallest absolute Gasteiger partial charge is 0.1000 e. The van der Waals surface area contributed by atoms with Crippen LogP contribution in [-0.4, -0.2) is 39.0 Å². The highest BCUT2D eigenvalue weighted by Crippen LogP contribution is 2.32. The van der Waals surface area contributed by atoms with Crippen LogP contribution in [-0.2, 0) is 0 Å². The molecule has 1 saturated heterocycles. The van der Waals surface area contributed by atoms with Gasteiger partial charge >= 0.3 is 0 Å². The van der Waals surface area contributed by atoms with Crippen LogP contribution < -0.4 is 5.73 Å². The highest BCUT2D eigenvalue weighted by molar-refractivity contribution is 5.30. The van der Waals surface area contributed by atoms with Crippen molar-refractivity contribution in [2.75, 3.05) is 13.1 Å². The van der Waals surface area contributed by atoms with E-state index in [2.05, 4.69) is 36.0 Å². The largest absolute Gasteiger partial charge is 0.327 e. The molecule has 22 heavy (non-hydrogen) atoms. The van der Waals surface area contributed by atoms with Gasteiger partial charge in [-0.05, 0) is 30.9 Å². The molecule has 2 aromatic rings. The Morgan fingerprint density at radius 3 is 2.68 bits per heavy atom. The molecule has 1 aliphatic heterocycles. The molecular weight excluding hydrogens is 274 g/mol. The Hall–Kier alpha value is -1.72. The summed E-state index contributed by atoms with van der Waals surface area (Å²) < 4.78 is 1.84. The standard InChI is InChI=1S/C17H25N5/c1-13(21-10-9-16(18)17(2,3)12-21)15-11-22(20-19-15)14-7-5-4-6-8-14/h4-8,11,13,16H,9-10,12,18H2,1-3H3. The Balaban J connectivity index is 1.76. The number of nitrogens with zero attached hydrogens (tertiary/aromatic N) is 4.